The van der Waals surface area contributed by atoms with Gasteiger partial charge in [0, 0.05) is 23.5 Å². The van der Waals surface area contributed by atoms with Gasteiger partial charge in [-0.25, -0.2) is 0 Å². The summed E-state index contributed by atoms with van der Waals surface area (Å²) in [7, 11) is 0. The zero-order valence-corrected chi connectivity index (χ0v) is 12.6. The second-order valence-corrected chi connectivity index (χ2v) is 5.16. The number of aliphatic hydroxyl groups excluding tert-OH is 2. The van der Waals surface area contributed by atoms with Crippen molar-refractivity contribution in [3.8, 4) is 5.75 Å². The van der Waals surface area contributed by atoms with Crippen LogP contribution in [0.25, 0.3) is 0 Å². The van der Waals surface area contributed by atoms with Crippen LogP contribution in [0.1, 0.15) is 35.4 Å². The molecule has 3 N–H and O–H groups in total. The third-order valence-electron chi connectivity index (χ3n) is 3.56. The molecule has 22 heavy (non-hydrogen) atoms. The molecule has 0 aliphatic heterocycles. The van der Waals surface area contributed by atoms with Gasteiger partial charge in [0.25, 0.3) is 0 Å². The van der Waals surface area contributed by atoms with Crippen LogP contribution in [0, 0.1) is 6.92 Å². The van der Waals surface area contributed by atoms with Gasteiger partial charge in [-0.15, -0.1) is 0 Å². The van der Waals surface area contributed by atoms with E-state index in [9.17, 15) is 15.3 Å². The maximum absolute atomic E-state index is 10.3. The first kappa shape index (κ1) is 16.1. The molecule has 1 heterocycles. The van der Waals surface area contributed by atoms with Crippen LogP contribution < -0.4 is 0 Å². The van der Waals surface area contributed by atoms with Crippen LogP contribution in [0.5, 0.6) is 5.75 Å². The first-order valence-electron chi connectivity index (χ1n) is 7.09. The third kappa shape index (κ3) is 3.50. The number of pyridine rings is 1. The number of hydrogen-bond acceptors (Lipinski definition) is 5. The summed E-state index contributed by atoms with van der Waals surface area (Å²) in [6.07, 6.45) is 2.25. The van der Waals surface area contributed by atoms with Crippen molar-refractivity contribution >= 4 is 6.21 Å². The van der Waals surface area contributed by atoms with Crippen LogP contribution >= 0.6 is 0 Å². The lowest BCUT2D eigenvalue weighted by Crippen LogP contribution is -2.13. The zero-order chi connectivity index (χ0) is 16.1. The smallest absolute Gasteiger partial charge is 0.145 e. The lowest BCUT2D eigenvalue weighted by atomic mass is 10.0. The number of aromatic hydroxyl groups is 1. The minimum Gasteiger partial charge on any atom is -0.505 e. The number of hydrogen-bond donors (Lipinski definition) is 3. The van der Waals surface area contributed by atoms with Crippen molar-refractivity contribution in [2.24, 2.45) is 4.99 Å². The van der Waals surface area contributed by atoms with Gasteiger partial charge >= 0.3 is 0 Å². The lowest BCUT2D eigenvalue weighted by molar-refractivity contribution is 0.154. The van der Waals surface area contributed by atoms with Crippen molar-refractivity contribution in [1.82, 2.24) is 4.98 Å². The number of aryl methyl sites for hydroxylation is 1. The molecule has 0 fully saturated rings. The van der Waals surface area contributed by atoms with E-state index in [-0.39, 0.29) is 18.4 Å². The van der Waals surface area contributed by atoms with E-state index in [0.29, 0.717) is 16.8 Å². The molecule has 0 aliphatic carbocycles. The fraction of sp³-hybridized carbons (Fsp3) is 0.294. The van der Waals surface area contributed by atoms with Crippen molar-refractivity contribution in [3.63, 3.8) is 0 Å². The molecule has 0 spiro atoms. The molecule has 1 aromatic heterocycles. The molecule has 5 heteroatoms. The Hall–Kier alpha value is -2.24. The molecule has 0 bridgehead atoms. The molecule has 5 nitrogen and oxygen atoms in total. The number of aliphatic hydroxyl groups is 2. The second kappa shape index (κ2) is 7.15. The highest BCUT2D eigenvalue weighted by atomic mass is 16.3. The molecule has 0 radical (unpaired) electrons. The quantitative estimate of drug-likeness (QED) is 0.738. The largest absolute Gasteiger partial charge is 0.505 e. The number of benzene rings is 1. The Morgan fingerprint density at radius 3 is 2.59 bits per heavy atom. The molecule has 0 saturated heterocycles. The standard InChI is InChI=1S/C17H20N2O3/c1-11(16(21)13-6-4-3-5-7-13)19-9-15-14(10-20)8-18-12(2)17(15)22/h3-9,11,16,20-22H,10H2,1-2H3. The molecule has 0 amide bonds. The first-order valence-corrected chi connectivity index (χ1v) is 7.09. The normalized spacial score (nSPS) is 14.2. The molecule has 2 unspecified atom stereocenters. The SMILES string of the molecule is Cc1ncc(CO)c(C=NC(C)C(O)c2ccccc2)c1O. The fourth-order valence-corrected chi connectivity index (χ4v) is 2.12. The van der Waals surface area contributed by atoms with Gasteiger partial charge in [-0.1, -0.05) is 30.3 Å². The van der Waals surface area contributed by atoms with Gasteiger partial charge in [-0.2, -0.15) is 0 Å². The molecular weight excluding hydrogens is 280 g/mol. The van der Waals surface area contributed by atoms with E-state index >= 15 is 0 Å². The van der Waals surface area contributed by atoms with Gasteiger partial charge in [0.05, 0.1) is 18.3 Å². The Morgan fingerprint density at radius 1 is 1.27 bits per heavy atom. The third-order valence-corrected chi connectivity index (χ3v) is 3.56. The maximum atomic E-state index is 10.3. The minimum atomic E-state index is -0.736. The number of nitrogens with zero attached hydrogens (tertiary/aromatic N) is 2. The molecule has 2 aromatic rings. The van der Waals surface area contributed by atoms with Crippen molar-refractivity contribution < 1.29 is 15.3 Å². The van der Waals surface area contributed by atoms with Crippen LogP contribution in [0.3, 0.4) is 0 Å². The number of aromatic nitrogens is 1. The van der Waals surface area contributed by atoms with E-state index in [4.69, 9.17) is 0 Å². The summed E-state index contributed by atoms with van der Waals surface area (Å²) >= 11 is 0. The van der Waals surface area contributed by atoms with Gasteiger partial charge in [0.2, 0.25) is 0 Å². The molecule has 0 aliphatic rings. The van der Waals surface area contributed by atoms with Crippen molar-refractivity contribution in [2.75, 3.05) is 0 Å². The van der Waals surface area contributed by atoms with Gasteiger partial charge in [0.1, 0.15) is 11.9 Å². The average Bonchev–Trinajstić information content (AvgIpc) is 2.56. The zero-order valence-electron chi connectivity index (χ0n) is 12.6. The summed E-state index contributed by atoms with van der Waals surface area (Å²) in [4.78, 5) is 8.31. The van der Waals surface area contributed by atoms with Crippen molar-refractivity contribution in [2.45, 2.75) is 32.6 Å². The summed E-state index contributed by atoms with van der Waals surface area (Å²) in [6, 6.07) is 8.89. The van der Waals surface area contributed by atoms with Crippen LogP contribution in [-0.2, 0) is 6.61 Å². The maximum Gasteiger partial charge on any atom is 0.145 e. The minimum absolute atomic E-state index is 0.00305. The highest BCUT2D eigenvalue weighted by molar-refractivity contribution is 5.85. The average molecular weight is 300 g/mol. The highest BCUT2D eigenvalue weighted by Gasteiger charge is 2.15. The van der Waals surface area contributed by atoms with Gasteiger partial charge in [-0.3, -0.25) is 9.98 Å². The van der Waals surface area contributed by atoms with Crippen LogP contribution in [-0.4, -0.2) is 32.6 Å². The van der Waals surface area contributed by atoms with E-state index in [1.54, 1.807) is 13.8 Å². The van der Waals surface area contributed by atoms with Gasteiger partial charge in [0.15, 0.2) is 0 Å². The predicted octanol–water partition coefficient (Wildman–Crippen LogP) is 2.13. The Kier molecular flexibility index (Phi) is 5.25. The predicted molar refractivity (Wildman–Crippen MR) is 85.0 cm³/mol. The first-order chi connectivity index (χ1) is 10.5. The summed E-state index contributed by atoms with van der Waals surface area (Å²) in [5.74, 6) is -0.00305. The Labute approximate surface area is 129 Å². The summed E-state index contributed by atoms with van der Waals surface area (Å²) < 4.78 is 0. The van der Waals surface area contributed by atoms with E-state index in [1.807, 2.05) is 30.3 Å². The number of aliphatic imine (C=N–C) groups is 1. The van der Waals surface area contributed by atoms with E-state index in [0.717, 1.165) is 5.56 Å². The van der Waals surface area contributed by atoms with E-state index < -0.39 is 6.10 Å². The number of rotatable bonds is 5. The highest BCUT2D eigenvalue weighted by Crippen LogP contribution is 2.23. The van der Waals surface area contributed by atoms with Crippen molar-refractivity contribution in [1.29, 1.82) is 0 Å². The lowest BCUT2D eigenvalue weighted by Gasteiger charge is -2.15. The van der Waals surface area contributed by atoms with Crippen LogP contribution in [0.4, 0.5) is 0 Å². The summed E-state index contributed by atoms with van der Waals surface area (Å²) in [5.41, 5.74) is 2.18. The van der Waals surface area contributed by atoms with Crippen LogP contribution in [0.15, 0.2) is 41.5 Å². The molecule has 0 saturated carbocycles. The fourth-order valence-electron chi connectivity index (χ4n) is 2.12. The molecule has 116 valence electrons. The summed E-state index contributed by atoms with van der Waals surface area (Å²) in [6.45, 7) is 3.23. The Balaban J connectivity index is 2.23. The molecule has 2 atom stereocenters. The van der Waals surface area contributed by atoms with Crippen molar-refractivity contribution in [3.05, 3.63) is 58.9 Å². The summed E-state index contributed by atoms with van der Waals surface area (Å²) in [5, 5.41) is 29.7. The van der Waals surface area contributed by atoms with E-state index in [2.05, 4.69) is 9.98 Å². The molecule has 1 aromatic carbocycles. The van der Waals surface area contributed by atoms with Gasteiger partial charge < -0.3 is 15.3 Å². The van der Waals surface area contributed by atoms with Gasteiger partial charge in [-0.05, 0) is 19.4 Å². The second-order valence-electron chi connectivity index (χ2n) is 5.16. The molecule has 2 rings (SSSR count). The Morgan fingerprint density at radius 2 is 1.95 bits per heavy atom. The molecular formula is C17H20N2O3. The monoisotopic (exact) mass is 300 g/mol. The Bertz CT molecular complexity index is 656. The van der Waals surface area contributed by atoms with E-state index in [1.165, 1.54) is 12.4 Å². The topological polar surface area (TPSA) is 85.9 Å². The van der Waals surface area contributed by atoms with Crippen LogP contribution in [0.2, 0.25) is 0 Å².